The summed E-state index contributed by atoms with van der Waals surface area (Å²) in [6, 6.07) is 10.1. The summed E-state index contributed by atoms with van der Waals surface area (Å²) < 4.78 is 0. The van der Waals surface area contributed by atoms with E-state index in [1.165, 1.54) is 5.56 Å². The van der Waals surface area contributed by atoms with Crippen molar-refractivity contribution in [3.63, 3.8) is 0 Å². The molecule has 92 valence electrons. The van der Waals surface area contributed by atoms with Gasteiger partial charge in [-0.05, 0) is 18.4 Å². The quantitative estimate of drug-likeness (QED) is 0.529. The second-order valence-corrected chi connectivity index (χ2v) is 4.08. The topological polar surface area (TPSA) is 65.2 Å². The van der Waals surface area contributed by atoms with Crippen LogP contribution in [0.25, 0.3) is 0 Å². The first-order chi connectivity index (χ1) is 8.36. The smallest absolute Gasteiger partial charge is 0.239 e. The van der Waals surface area contributed by atoms with E-state index in [1.807, 2.05) is 18.2 Å². The SMILES string of the molecule is O=C(NCCCc1ccccc1)C1CNNN1. The number of nitrogens with one attached hydrogen (secondary N) is 4. The second kappa shape index (κ2) is 6.34. The van der Waals surface area contributed by atoms with Gasteiger partial charge in [0.1, 0.15) is 6.04 Å². The average Bonchev–Trinajstić information content (AvgIpc) is 2.89. The molecule has 5 nitrogen and oxygen atoms in total. The highest BCUT2D eigenvalue weighted by Crippen LogP contribution is 2.01. The van der Waals surface area contributed by atoms with Crippen LogP contribution in [0.15, 0.2) is 30.3 Å². The summed E-state index contributed by atoms with van der Waals surface area (Å²) >= 11 is 0. The third-order valence-electron chi connectivity index (χ3n) is 2.74. The number of carbonyl (C=O) groups excluding carboxylic acids is 1. The van der Waals surface area contributed by atoms with Crippen molar-refractivity contribution < 1.29 is 4.79 Å². The van der Waals surface area contributed by atoms with Gasteiger partial charge in [-0.1, -0.05) is 30.3 Å². The molecule has 0 radical (unpaired) electrons. The van der Waals surface area contributed by atoms with Crippen molar-refractivity contribution in [1.82, 2.24) is 21.7 Å². The zero-order chi connectivity index (χ0) is 11.9. The van der Waals surface area contributed by atoms with Crippen molar-refractivity contribution in [3.8, 4) is 0 Å². The van der Waals surface area contributed by atoms with E-state index < -0.39 is 0 Å². The van der Waals surface area contributed by atoms with E-state index in [-0.39, 0.29) is 11.9 Å². The summed E-state index contributed by atoms with van der Waals surface area (Å²) in [4.78, 5) is 11.6. The lowest BCUT2D eigenvalue weighted by Gasteiger charge is -2.09. The molecule has 1 aromatic carbocycles. The minimum Gasteiger partial charge on any atom is -0.355 e. The van der Waals surface area contributed by atoms with Crippen LogP contribution in [0, 0.1) is 0 Å². The Bertz CT molecular complexity index is 349. The number of aryl methyl sites for hydroxylation is 1. The lowest BCUT2D eigenvalue weighted by molar-refractivity contribution is -0.122. The van der Waals surface area contributed by atoms with Crippen LogP contribution in [0.2, 0.25) is 0 Å². The summed E-state index contributed by atoms with van der Waals surface area (Å²) in [5.41, 5.74) is 9.71. The Morgan fingerprint density at radius 2 is 2.18 bits per heavy atom. The highest BCUT2D eigenvalue weighted by molar-refractivity contribution is 5.82. The Morgan fingerprint density at radius 3 is 2.88 bits per heavy atom. The van der Waals surface area contributed by atoms with Gasteiger partial charge in [-0.2, -0.15) is 5.53 Å². The van der Waals surface area contributed by atoms with Crippen LogP contribution < -0.4 is 21.7 Å². The van der Waals surface area contributed by atoms with Gasteiger partial charge >= 0.3 is 0 Å². The number of carbonyl (C=O) groups is 1. The van der Waals surface area contributed by atoms with Gasteiger partial charge in [0.05, 0.1) is 0 Å². The van der Waals surface area contributed by atoms with Gasteiger partial charge in [0.15, 0.2) is 0 Å². The highest BCUT2D eigenvalue weighted by atomic mass is 16.2. The van der Waals surface area contributed by atoms with E-state index in [2.05, 4.69) is 33.8 Å². The molecule has 1 aliphatic heterocycles. The van der Waals surface area contributed by atoms with Gasteiger partial charge in [0, 0.05) is 13.1 Å². The molecule has 2 rings (SSSR count). The first kappa shape index (κ1) is 12.0. The summed E-state index contributed by atoms with van der Waals surface area (Å²) in [6.07, 6.45) is 1.96. The molecular weight excluding hydrogens is 216 g/mol. The third-order valence-corrected chi connectivity index (χ3v) is 2.74. The molecule has 0 aliphatic carbocycles. The Hall–Kier alpha value is -1.43. The molecule has 1 aliphatic rings. The van der Waals surface area contributed by atoms with Crippen molar-refractivity contribution in [2.75, 3.05) is 13.1 Å². The molecule has 1 fully saturated rings. The highest BCUT2D eigenvalue weighted by Gasteiger charge is 2.20. The van der Waals surface area contributed by atoms with Crippen molar-refractivity contribution in [2.45, 2.75) is 18.9 Å². The number of hydrogen-bond donors (Lipinski definition) is 4. The fourth-order valence-electron chi connectivity index (χ4n) is 1.77. The van der Waals surface area contributed by atoms with Crippen LogP contribution in [0.5, 0.6) is 0 Å². The summed E-state index contributed by atoms with van der Waals surface area (Å²) in [5.74, 6) is 0.0376. The van der Waals surface area contributed by atoms with Crippen LogP contribution in [0.1, 0.15) is 12.0 Å². The molecular formula is C12H18N4O. The molecule has 1 atom stereocenters. The zero-order valence-corrected chi connectivity index (χ0v) is 9.70. The molecule has 1 aromatic rings. The summed E-state index contributed by atoms with van der Waals surface area (Å²) in [5, 5.41) is 2.91. The van der Waals surface area contributed by atoms with Gasteiger partial charge in [-0.3, -0.25) is 4.79 Å². The maximum Gasteiger partial charge on any atom is 0.239 e. The van der Waals surface area contributed by atoms with E-state index in [1.54, 1.807) is 0 Å². The van der Waals surface area contributed by atoms with Crippen LogP contribution in [-0.4, -0.2) is 25.0 Å². The number of hydrazine groups is 2. The molecule has 0 bridgehead atoms. The number of benzene rings is 1. The lowest BCUT2D eigenvalue weighted by Crippen LogP contribution is -2.44. The maximum absolute atomic E-state index is 11.6. The maximum atomic E-state index is 11.6. The Balaban J connectivity index is 1.61. The molecule has 4 N–H and O–H groups in total. The van der Waals surface area contributed by atoms with E-state index in [4.69, 9.17) is 0 Å². The van der Waals surface area contributed by atoms with Gasteiger partial charge in [-0.15, -0.1) is 0 Å². The van der Waals surface area contributed by atoms with Gasteiger partial charge < -0.3 is 5.32 Å². The monoisotopic (exact) mass is 234 g/mol. The predicted molar refractivity (Wildman–Crippen MR) is 65.8 cm³/mol. The Labute approximate surface area is 101 Å². The minimum absolute atomic E-state index is 0.0376. The molecule has 1 amide bonds. The van der Waals surface area contributed by atoms with Crippen molar-refractivity contribution >= 4 is 5.91 Å². The number of amides is 1. The first-order valence-corrected chi connectivity index (χ1v) is 5.91. The van der Waals surface area contributed by atoms with Gasteiger partial charge in [-0.25, -0.2) is 10.9 Å². The lowest BCUT2D eigenvalue weighted by atomic mass is 10.1. The van der Waals surface area contributed by atoms with Crippen molar-refractivity contribution in [1.29, 1.82) is 0 Å². The summed E-state index contributed by atoms with van der Waals surface area (Å²) in [6.45, 7) is 1.33. The fourth-order valence-corrected chi connectivity index (χ4v) is 1.77. The third kappa shape index (κ3) is 3.81. The van der Waals surface area contributed by atoms with Crippen molar-refractivity contribution in [3.05, 3.63) is 35.9 Å². The van der Waals surface area contributed by atoms with E-state index in [9.17, 15) is 4.79 Å². The molecule has 0 aromatic heterocycles. The largest absolute Gasteiger partial charge is 0.355 e. The Kier molecular flexibility index (Phi) is 4.49. The van der Waals surface area contributed by atoms with Crippen molar-refractivity contribution in [2.24, 2.45) is 0 Å². The molecule has 17 heavy (non-hydrogen) atoms. The standard InChI is InChI=1S/C12H18N4O/c17-12(11-9-14-16-15-11)13-8-4-7-10-5-2-1-3-6-10/h1-3,5-6,11,14-16H,4,7-9H2,(H,13,17). The molecule has 0 spiro atoms. The minimum atomic E-state index is -0.174. The molecule has 0 saturated carbocycles. The second-order valence-electron chi connectivity index (χ2n) is 4.08. The van der Waals surface area contributed by atoms with Gasteiger partial charge in [0.2, 0.25) is 5.91 Å². The number of rotatable bonds is 5. The van der Waals surface area contributed by atoms with Crippen LogP contribution in [0.3, 0.4) is 0 Å². The molecule has 1 heterocycles. The first-order valence-electron chi connectivity index (χ1n) is 5.91. The number of hydrogen-bond acceptors (Lipinski definition) is 4. The Morgan fingerprint density at radius 1 is 1.35 bits per heavy atom. The normalized spacial score (nSPS) is 19.2. The summed E-state index contributed by atoms with van der Waals surface area (Å²) in [7, 11) is 0. The molecule has 1 unspecified atom stereocenters. The molecule has 1 saturated heterocycles. The van der Waals surface area contributed by atoms with E-state index >= 15 is 0 Å². The van der Waals surface area contributed by atoms with Crippen LogP contribution >= 0.6 is 0 Å². The van der Waals surface area contributed by atoms with Crippen LogP contribution in [-0.2, 0) is 11.2 Å². The molecule has 5 heteroatoms. The zero-order valence-electron chi connectivity index (χ0n) is 9.70. The van der Waals surface area contributed by atoms with Crippen LogP contribution in [0.4, 0.5) is 0 Å². The van der Waals surface area contributed by atoms with E-state index in [0.29, 0.717) is 13.1 Å². The van der Waals surface area contributed by atoms with Gasteiger partial charge in [0.25, 0.3) is 0 Å². The average molecular weight is 234 g/mol. The van der Waals surface area contributed by atoms with E-state index in [0.717, 1.165) is 12.8 Å². The fraction of sp³-hybridized carbons (Fsp3) is 0.417. The predicted octanol–water partition coefficient (Wildman–Crippen LogP) is -0.284.